The Morgan fingerprint density at radius 3 is 2.78 bits per heavy atom. The first-order valence-electron chi connectivity index (χ1n) is 9.17. The lowest BCUT2D eigenvalue weighted by Gasteiger charge is -2.35. The van der Waals surface area contributed by atoms with Gasteiger partial charge in [0.25, 0.3) is 0 Å². The third kappa shape index (κ3) is 5.36. The number of hydrogen-bond donors (Lipinski definition) is 1. The minimum Gasteiger partial charge on any atom is -0.356 e. The fourth-order valence-electron chi connectivity index (χ4n) is 3.50. The molecule has 1 saturated heterocycles. The van der Waals surface area contributed by atoms with Crippen LogP contribution in [0.15, 0.2) is 35.6 Å². The molecule has 1 aromatic carbocycles. The van der Waals surface area contributed by atoms with Gasteiger partial charge in [-0.15, -0.1) is 0 Å². The van der Waals surface area contributed by atoms with Crippen LogP contribution >= 0.6 is 23.4 Å². The molecule has 0 bridgehead atoms. The number of thioether (sulfide) groups is 1. The Labute approximate surface area is 169 Å². The summed E-state index contributed by atoms with van der Waals surface area (Å²) in [5.41, 5.74) is 1.61. The van der Waals surface area contributed by atoms with Gasteiger partial charge in [0, 0.05) is 29.9 Å². The molecule has 0 radical (unpaired) electrons. The number of anilines is 2. The number of halogens is 1. The first-order chi connectivity index (χ1) is 12.9. The maximum Gasteiger partial charge on any atom is 0.234 e. The third-order valence-electron chi connectivity index (χ3n) is 4.71. The number of amides is 1. The van der Waals surface area contributed by atoms with Crippen molar-refractivity contribution in [2.24, 2.45) is 11.8 Å². The van der Waals surface area contributed by atoms with Crippen molar-refractivity contribution < 1.29 is 4.79 Å². The molecular formula is C20H25ClN4OS. The van der Waals surface area contributed by atoms with E-state index in [1.165, 1.54) is 18.2 Å². The molecule has 5 nitrogen and oxygen atoms in total. The summed E-state index contributed by atoms with van der Waals surface area (Å²) >= 11 is 7.52. The van der Waals surface area contributed by atoms with Crippen LogP contribution in [0.1, 0.15) is 25.8 Å². The lowest BCUT2D eigenvalue weighted by Crippen LogP contribution is -2.39. The van der Waals surface area contributed by atoms with Crippen LogP contribution in [0.4, 0.5) is 11.5 Å². The lowest BCUT2D eigenvalue weighted by molar-refractivity contribution is -0.113. The second-order valence-corrected chi connectivity index (χ2v) is 8.72. The fourth-order valence-corrected chi connectivity index (χ4v) is 4.34. The van der Waals surface area contributed by atoms with Crippen molar-refractivity contribution >= 4 is 40.8 Å². The molecule has 7 heteroatoms. The monoisotopic (exact) mass is 404 g/mol. The van der Waals surface area contributed by atoms with Crippen LogP contribution in [0.3, 0.4) is 0 Å². The lowest BCUT2D eigenvalue weighted by atomic mass is 9.92. The highest BCUT2D eigenvalue weighted by atomic mass is 35.5. The summed E-state index contributed by atoms with van der Waals surface area (Å²) in [7, 11) is 0. The number of rotatable bonds is 5. The van der Waals surface area contributed by atoms with Gasteiger partial charge in [-0.05, 0) is 42.9 Å². The third-order valence-corrected chi connectivity index (χ3v) is 6.05. The zero-order valence-corrected chi connectivity index (χ0v) is 17.5. The van der Waals surface area contributed by atoms with Gasteiger partial charge in [0.15, 0.2) is 0 Å². The molecule has 0 saturated carbocycles. The van der Waals surface area contributed by atoms with E-state index in [1.807, 2.05) is 31.2 Å². The first kappa shape index (κ1) is 20.0. The van der Waals surface area contributed by atoms with Gasteiger partial charge in [0.2, 0.25) is 5.91 Å². The van der Waals surface area contributed by atoms with Gasteiger partial charge in [-0.3, -0.25) is 4.79 Å². The molecule has 2 aromatic rings. The summed E-state index contributed by atoms with van der Waals surface area (Å²) < 4.78 is 0. The molecule has 1 aliphatic rings. The summed E-state index contributed by atoms with van der Waals surface area (Å²) in [6.45, 7) is 8.48. The van der Waals surface area contributed by atoms with E-state index in [1.54, 1.807) is 6.33 Å². The van der Waals surface area contributed by atoms with Crippen LogP contribution < -0.4 is 10.2 Å². The maximum atomic E-state index is 12.3. The first-order valence-corrected chi connectivity index (χ1v) is 10.5. The Morgan fingerprint density at radius 1 is 1.30 bits per heavy atom. The molecule has 3 rings (SSSR count). The standard InChI is InChI=1S/C20H25ClN4OS/c1-13-7-14(2)10-25(9-13)18-8-20(23-12-22-18)27-11-19(26)24-17-6-4-5-16(21)15(17)3/h4-6,8,12-14H,7,9-11H2,1-3H3,(H,24,26). The predicted molar refractivity (Wildman–Crippen MR) is 113 cm³/mol. The van der Waals surface area contributed by atoms with E-state index in [-0.39, 0.29) is 11.7 Å². The Balaban J connectivity index is 1.59. The van der Waals surface area contributed by atoms with Crippen LogP contribution in [0.5, 0.6) is 0 Å². The van der Waals surface area contributed by atoms with Crippen LogP contribution in [0.2, 0.25) is 5.02 Å². The van der Waals surface area contributed by atoms with Crippen LogP contribution in [0, 0.1) is 18.8 Å². The number of carbonyl (C=O) groups excluding carboxylic acids is 1. The van der Waals surface area contributed by atoms with Crippen LogP contribution in [-0.4, -0.2) is 34.7 Å². The summed E-state index contributed by atoms with van der Waals surface area (Å²) in [5, 5.41) is 4.37. The summed E-state index contributed by atoms with van der Waals surface area (Å²) in [5.74, 6) is 2.47. The molecule has 144 valence electrons. The zero-order chi connectivity index (χ0) is 19.4. The second kappa shape index (κ2) is 8.93. The van der Waals surface area contributed by atoms with E-state index >= 15 is 0 Å². The molecule has 1 N–H and O–H groups in total. The molecule has 27 heavy (non-hydrogen) atoms. The maximum absolute atomic E-state index is 12.3. The van der Waals surface area contributed by atoms with Gasteiger partial charge < -0.3 is 10.2 Å². The van der Waals surface area contributed by atoms with Crippen molar-refractivity contribution in [2.75, 3.05) is 29.1 Å². The molecule has 0 aliphatic carbocycles. The van der Waals surface area contributed by atoms with Gasteiger partial charge >= 0.3 is 0 Å². The van der Waals surface area contributed by atoms with Crippen LogP contribution in [0.25, 0.3) is 0 Å². The van der Waals surface area contributed by atoms with Gasteiger partial charge in [-0.2, -0.15) is 0 Å². The SMILES string of the molecule is Cc1c(Cl)cccc1NC(=O)CSc1cc(N2CC(C)CC(C)C2)ncn1. The van der Waals surface area contributed by atoms with Gasteiger partial charge in [-0.1, -0.05) is 43.3 Å². The molecule has 1 fully saturated rings. The molecule has 1 aliphatic heterocycles. The Morgan fingerprint density at radius 2 is 2.04 bits per heavy atom. The minimum atomic E-state index is -0.0780. The summed E-state index contributed by atoms with van der Waals surface area (Å²) in [4.78, 5) is 23.4. The van der Waals surface area contributed by atoms with Gasteiger partial charge in [0.05, 0.1) is 5.75 Å². The molecule has 2 heterocycles. The fraction of sp³-hybridized carbons (Fsp3) is 0.450. The van der Waals surface area contributed by atoms with E-state index in [9.17, 15) is 4.79 Å². The topological polar surface area (TPSA) is 58.1 Å². The number of carbonyl (C=O) groups is 1. The number of benzene rings is 1. The van der Waals surface area contributed by atoms with Crippen molar-refractivity contribution in [3.8, 4) is 0 Å². The zero-order valence-electron chi connectivity index (χ0n) is 15.9. The molecule has 0 spiro atoms. The highest BCUT2D eigenvalue weighted by Gasteiger charge is 2.23. The van der Waals surface area contributed by atoms with Gasteiger partial charge in [-0.25, -0.2) is 9.97 Å². The average molecular weight is 405 g/mol. The van der Waals surface area contributed by atoms with E-state index < -0.39 is 0 Å². The highest BCUT2D eigenvalue weighted by molar-refractivity contribution is 7.99. The van der Waals surface area contributed by atoms with Crippen LogP contribution in [-0.2, 0) is 4.79 Å². The van der Waals surface area contributed by atoms with Crippen molar-refractivity contribution in [3.63, 3.8) is 0 Å². The number of aromatic nitrogens is 2. The quantitative estimate of drug-likeness (QED) is 0.580. The van der Waals surface area contributed by atoms with E-state index in [2.05, 4.69) is 34.0 Å². The molecule has 1 amide bonds. The van der Waals surface area contributed by atoms with E-state index in [4.69, 9.17) is 11.6 Å². The number of nitrogens with zero attached hydrogens (tertiary/aromatic N) is 3. The summed E-state index contributed by atoms with van der Waals surface area (Å²) in [6, 6.07) is 7.47. The van der Waals surface area contributed by atoms with Crippen molar-refractivity contribution in [1.82, 2.24) is 9.97 Å². The van der Waals surface area contributed by atoms with Crippen molar-refractivity contribution in [3.05, 3.63) is 41.2 Å². The van der Waals surface area contributed by atoms with Crippen molar-refractivity contribution in [2.45, 2.75) is 32.2 Å². The molecule has 2 atom stereocenters. The van der Waals surface area contributed by atoms with Crippen molar-refractivity contribution in [1.29, 1.82) is 0 Å². The van der Waals surface area contributed by atoms with E-state index in [0.29, 0.717) is 16.9 Å². The minimum absolute atomic E-state index is 0.0780. The largest absolute Gasteiger partial charge is 0.356 e. The smallest absolute Gasteiger partial charge is 0.234 e. The Hall–Kier alpha value is -1.79. The number of piperidine rings is 1. The number of hydrogen-bond acceptors (Lipinski definition) is 5. The Kier molecular flexibility index (Phi) is 6.60. The average Bonchev–Trinajstić information content (AvgIpc) is 2.63. The normalized spacial score (nSPS) is 19.8. The van der Waals surface area contributed by atoms with Gasteiger partial charge in [0.1, 0.15) is 17.2 Å². The molecule has 2 unspecified atom stereocenters. The predicted octanol–water partition coefficient (Wildman–Crippen LogP) is 4.65. The van der Waals surface area contributed by atoms with E-state index in [0.717, 1.165) is 35.2 Å². The molecule has 1 aromatic heterocycles. The number of nitrogens with one attached hydrogen (secondary N) is 1. The Bertz CT molecular complexity index is 806. The summed E-state index contributed by atoms with van der Waals surface area (Å²) in [6.07, 6.45) is 2.84. The molecular weight excluding hydrogens is 380 g/mol. The highest BCUT2D eigenvalue weighted by Crippen LogP contribution is 2.27. The second-order valence-electron chi connectivity index (χ2n) is 7.31.